The highest BCUT2D eigenvalue weighted by Crippen LogP contribution is 2.32. The van der Waals surface area contributed by atoms with Crippen molar-refractivity contribution in [3.8, 4) is 0 Å². The number of esters is 1. The van der Waals surface area contributed by atoms with Crippen molar-refractivity contribution in [3.05, 3.63) is 77.3 Å². The maximum absolute atomic E-state index is 13.2. The van der Waals surface area contributed by atoms with Crippen LogP contribution in [0, 0.1) is 0 Å². The molecule has 2 aromatic rings. The number of likely N-dealkylation sites (N-methyl/N-ethyl adjacent to an activating group) is 1. The molecule has 0 saturated carbocycles. The summed E-state index contributed by atoms with van der Waals surface area (Å²) in [5, 5.41) is 3.02. The van der Waals surface area contributed by atoms with E-state index in [4.69, 9.17) is 4.74 Å². The number of piperazine rings is 1. The number of pyridine rings is 1. The van der Waals surface area contributed by atoms with E-state index in [1.54, 1.807) is 11.8 Å². The van der Waals surface area contributed by atoms with E-state index in [9.17, 15) is 9.59 Å². The second-order valence-electron chi connectivity index (χ2n) is 8.49. The molecule has 1 unspecified atom stereocenters. The lowest BCUT2D eigenvalue weighted by Crippen LogP contribution is -2.53. The molecule has 1 aromatic carbocycles. The van der Waals surface area contributed by atoms with Gasteiger partial charge in [-0.05, 0) is 31.5 Å². The summed E-state index contributed by atoms with van der Waals surface area (Å²) < 4.78 is 5.46. The van der Waals surface area contributed by atoms with Crippen molar-refractivity contribution in [1.82, 2.24) is 25.0 Å². The number of carbonyl (C=O) groups excluding carboxylic acids is 2. The molecule has 34 heavy (non-hydrogen) atoms. The van der Waals surface area contributed by atoms with Crippen molar-refractivity contribution < 1.29 is 14.3 Å². The van der Waals surface area contributed by atoms with Gasteiger partial charge in [0.25, 0.3) is 0 Å². The number of urea groups is 1. The van der Waals surface area contributed by atoms with Gasteiger partial charge in [0.15, 0.2) is 0 Å². The molecule has 1 saturated heterocycles. The predicted octanol–water partition coefficient (Wildman–Crippen LogP) is 2.80. The van der Waals surface area contributed by atoms with Crippen LogP contribution in [0.5, 0.6) is 0 Å². The summed E-state index contributed by atoms with van der Waals surface area (Å²) in [7, 11) is 0. The van der Waals surface area contributed by atoms with Crippen LogP contribution in [-0.2, 0) is 16.1 Å². The van der Waals surface area contributed by atoms with Gasteiger partial charge in [-0.25, -0.2) is 9.59 Å². The lowest BCUT2D eigenvalue weighted by Gasteiger charge is -2.40. The van der Waals surface area contributed by atoms with Crippen molar-refractivity contribution >= 4 is 12.0 Å². The van der Waals surface area contributed by atoms with Crippen LogP contribution in [0.3, 0.4) is 0 Å². The number of benzene rings is 1. The monoisotopic (exact) mass is 463 g/mol. The first-order chi connectivity index (χ1) is 16.6. The van der Waals surface area contributed by atoms with E-state index in [2.05, 4.69) is 20.1 Å². The number of ether oxygens (including phenoxy) is 1. The zero-order valence-electron chi connectivity index (χ0n) is 19.9. The Morgan fingerprint density at radius 2 is 1.68 bits per heavy atom. The van der Waals surface area contributed by atoms with Crippen molar-refractivity contribution in [2.45, 2.75) is 26.4 Å². The molecule has 0 bridgehead atoms. The summed E-state index contributed by atoms with van der Waals surface area (Å²) >= 11 is 0. The topological polar surface area (TPSA) is 78.0 Å². The maximum Gasteiger partial charge on any atom is 0.338 e. The van der Waals surface area contributed by atoms with E-state index in [0.717, 1.165) is 49.7 Å². The third-order valence-corrected chi connectivity index (χ3v) is 6.33. The third-order valence-electron chi connectivity index (χ3n) is 6.33. The van der Waals surface area contributed by atoms with Gasteiger partial charge < -0.3 is 10.1 Å². The molecule has 8 nitrogen and oxygen atoms in total. The highest BCUT2D eigenvalue weighted by atomic mass is 16.5. The van der Waals surface area contributed by atoms with Crippen LogP contribution in [-0.4, -0.2) is 77.6 Å². The Balaban J connectivity index is 1.56. The van der Waals surface area contributed by atoms with Crippen molar-refractivity contribution in [2.24, 2.45) is 0 Å². The van der Waals surface area contributed by atoms with Crippen molar-refractivity contribution in [2.75, 3.05) is 45.9 Å². The Morgan fingerprint density at radius 1 is 1.00 bits per heavy atom. The summed E-state index contributed by atoms with van der Waals surface area (Å²) in [5.41, 5.74) is 3.18. The van der Waals surface area contributed by atoms with Crippen LogP contribution in [0.1, 0.15) is 31.1 Å². The first-order valence-electron chi connectivity index (χ1n) is 12.0. The number of nitrogens with one attached hydrogen (secondary N) is 1. The number of amides is 2. The largest absolute Gasteiger partial charge is 0.463 e. The van der Waals surface area contributed by atoms with Crippen molar-refractivity contribution in [1.29, 1.82) is 0 Å². The fourth-order valence-corrected chi connectivity index (χ4v) is 4.59. The minimum atomic E-state index is -0.531. The van der Waals surface area contributed by atoms with Gasteiger partial charge in [-0.15, -0.1) is 0 Å². The van der Waals surface area contributed by atoms with Crippen molar-refractivity contribution in [3.63, 3.8) is 0 Å². The molecule has 180 valence electrons. The summed E-state index contributed by atoms with van der Waals surface area (Å²) in [6, 6.07) is 14.9. The zero-order chi connectivity index (χ0) is 23.9. The number of nitrogens with zero attached hydrogens (tertiary/aromatic N) is 4. The second-order valence-corrected chi connectivity index (χ2v) is 8.49. The Bertz CT molecular complexity index is 1000. The molecule has 2 amide bonds. The molecule has 1 fully saturated rings. The molecule has 0 radical (unpaired) electrons. The molecule has 1 N–H and O–H groups in total. The average Bonchev–Trinajstić information content (AvgIpc) is 2.86. The molecule has 4 rings (SSSR count). The fraction of sp³-hybridized carbons (Fsp3) is 0.423. The Kier molecular flexibility index (Phi) is 7.92. The smallest absolute Gasteiger partial charge is 0.338 e. The molecular formula is C26H33N5O3. The third kappa shape index (κ3) is 5.46. The second kappa shape index (κ2) is 11.3. The summed E-state index contributed by atoms with van der Waals surface area (Å²) in [4.78, 5) is 37.0. The number of aromatic nitrogens is 1. The van der Waals surface area contributed by atoms with Crippen LogP contribution in [0.25, 0.3) is 0 Å². The average molecular weight is 464 g/mol. The molecule has 8 heteroatoms. The predicted molar refractivity (Wildman–Crippen MR) is 130 cm³/mol. The van der Waals surface area contributed by atoms with Crippen LogP contribution >= 0.6 is 0 Å². The molecule has 1 atom stereocenters. The van der Waals surface area contributed by atoms with Gasteiger partial charge in [-0.2, -0.15) is 0 Å². The lowest BCUT2D eigenvalue weighted by molar-refractivity contribution is -0.139. The molecule has 0 aliphatic carbocycles. The quantitative estimate of drug-likeness (QED) is 0.607. The molecule has 0 spiro atoms. The highest BCUT2D eigenvalue weighted by Gasteiger charge is 2.38. The Morgan fingerprint density at radius 3 is 2.29 bits per heavy atom. The number of hydrogen-bond acceptors (Lipinski definition) is 6. The van der Waals surface area contributed by atoms with Crippen LogP contribution < -0.4 is 5.32 Å². The Labute approximate surface area is 201 Å². The van der Waals surface area contributed by atoms with Crippen LogP contribution in [0.2, 0.25) is 0 Å². The van der Waals surface area contributed by atoms with Crippen LogP contribution in [0.15, 0.2) is 66.0 Å². The SMILES string of the molecule is CCOC(=O)C1=C(CN2CCN(Cc3ccccn3)CC2)N(CC)C(=O)NC1c1ccccc1. The minimum Gasteiger partial charge on any atom is -0.463 e. The van der Waals surface area contributed by atoms with Gasteiger partial charge in [-0.3, -0.25) is 19.7 Å². The van der Waals surface area contributed by atoms with E-state index in [-0.39, 0.29) is 18.6 Å². The lowest BCUT2D eigenvalue weighted by atomic mass is 9.94. The van der Waals surface area contributed by atoms with Gasteiger partial charge in [0.05, 0.1) is 23.9 Å². The molecular weight excluding hydrogens is 430 g/mol. The first kappa shape index (κ1) is 23.9. The number of rotatable bonds is 8. The summed E-state index contributed by atoms with van der Waals surface area (Å²) in [6.45, 7) is 9.34. The van der Waals surface area contributed by atoms with E-state index in [1.165, 1.54) is 0 Å². The fourth-order valence-electron chi connectivity index (χ4n) is 4.59. The molecule has 3 heterocycles. The standard InChI is InChI=1S/C26H33N5O3/c1-3-31-22(19-30-16-14-29(15-17-30)18-21-12-8-9-13-27-21)23(25(32)34-4-2)24(28-26(31)33)20-10-6-5-7-11-20/h5-13,24H,3-4,14-19H2,1-2H3,(H,28,33). The number of carbonyl (C=O) groups is 2. The minimum absolute atomic E-state index is 0.187. The normalized spacial score (nSPS) is 19.8. The molecule has 2 aliphatic heterocycles. The summed E-state index contributed by atoms with van der Waals surface area (Å²) in [5.74, 6) is -0.376. The van der Waals surface area contributed by atoms with E-state index in [0.29, 0.717) is 18.7 Å². The van der Waals surface area contributed by atoms with E-state index in [1.807, 2.05) is 61.7 Å². The maximum atomic E-state index is 13.2. The van der Waals surface area contributed by atoms with Crippen LogP contribution in [0.4, 0.5) is 4.79 Å². The van der Waals surface area contributed by atoms with Gasteiger partial charge in [-0.1, -0.05) is 36.4 Å². The summed E-state index contributed by atoms with van der Waals surface area (Å²) in [6.07, 6.45) is 1.82. The molecule has 1 aromatic heterocycles. The highest BCUT2D eigenvalue weighted by molar-refractivity contribution is 5.95. The van der Waals surface area contributed by atoms with Gasteiger partial charge >= 0.3 is 12.0 Å². The van der Waals surface area contributed by atoms with E-state index < -0.39 is 6.04 Å². The number of hydrogen-bond donors (Lipinski definition) is 1. The van der Waals surface area contributed by atoms with Gasteiger partial charge in [0.1, 0.15) is 0 Å². The van der Waals surface area contributed by atoms with E-state index >= 15 is 0 Å². The first-order valence-corrected chi connectivity index (χ1v) is 12.0. The zero-order valence-corrected chi connectivity index (χ0v) is 19.9. The van der Waals surface area contributed by atoms with Gasteiger partial charge in [0, 0.05) is 57.7 Å². The molecule has 2 aliphatic rings. The van der Waals surface area contributed by atoms with Gasteiger partial charge in [0.2, 0.25) is 0 Å². The Hall–Kier alpha value is -3.23.